The zero-order chi connectivity index (χ0) is 11.3. The van der Waals surface area contributed by atoms with Crippen LogP contribution in [0.3, 0.4) is 0 Å². The molecular formula is C9H17N3O2S. The van der Waals surface area contributed by atoms with Gasteiger partial charge in [-0.1, -0.05) is 0 Å². The lowest BCUT2D eigenvalue weighted by Crippen LogP contribution is -2.50. The molecule has 0 aromatic heterocycles. The highest BCUT2D eigenvalue weighted by Gasteiger charge is 2.25. The Balaban J connectivity index is 2.33. The van der Waals surface area contributed by atoms with Gasteiger partial charge in [-0.05, 0) is 13.8 Å². The summed E-state index contributed by atoms with van der Waals surface area (Å²) in [6, 6.07) is -0.628. The second kappa shape index (κ2) is 5.97. The van der Waals surface area contributed by atoms with Crippen molar-refractivity contribution in [1.82, 2.24) is 16.0 Å². The van der Waals surface area contributed by atoms with E-state index >= 15 is 0 Å². The van der Waals surface area contributed by atoms with E-state index in [1.807, 2.05) is 6.92 Å². The Morgan fingerprint density at radius 1 is 1.60 bits per heavy atom. The molecule has 0 aliphatic carbocycles. The lowest BCUT2D eigenvalue weighted by atomic mass is 10.2. The highest BCUT2D eigenvalue weighted by atomic mass is 32.2. The van der Waals surface area contributed by atoms with E-state index < -0.39 is 6.04 Å². The first-order valence-electron chi connectivity index (χ1n) is 5.04. The van der Waals surface area contributed by atoms with E-state index in [0.717, 1.165) is 11.6 Å². The maximum absolute atomic E-state index is 11.6. The van der Waals surface area contributed by atoms with Crippen molar-refractivity contribution in [2.75, 3.05) is 18.2 Å². The van der Waals surface area contributed by atoms with Gasteiger partial charge in [-0.3, -0.25) is 14.9 Å². The van der Waals surface area contributed by atoms with Crippen LogP contribution in [0.25, 0.3) is 0 Å². The Hall–Kier alpha value is -0.750. The van der Waals surface area contributed by atoms with E-state index in [-0.39, 0.29) is 17.9 Å². The van der Waals surface area contributed by atoms with Gasteiger partial charge in [-0.2, -0.15) is 0 Å². The fraction of sp³-hybridized carbons (Fsp3) is 0.778. The molecule has 0 saturated carbocycles. The third-order valence-electron chi connectivity index (χ3n) is 2.14. The summed E-state index contributed by atoms with van der Waals surface area (Å²) in [4.78, 5) is 22.9. The average Bonchev–Trinajstić information content (AvgIpc) is 2.70. The lowest BCUT2D eigenvalue weighted by molar-refractivity contribution is -0.129. The molecule has 0 aromatic carbocycles. The first-order chi connectivity index (χ1) is 7.15. The number of carbonyl (C=O) groups is 2. The SMILES string of the molecule is CCNC(=O)C(C)NC(=O)C1CSCN1. The van der Waals surface area contributed by atoms with Crippen molar-refractivity contribution in [2.45, 2.75) is 25.9 Å². The first kappa shape index (κ1) is 12.3. The van der Waals surface area contributed by atoms with Gasteiger partial charge < -0.3 is 10.6 Å². The summed E-state index contributed by atoms with van der Waals surface area (Å²) in [6.45, 7) is 4.11. The van der Waals surface area contributed by atoms with E-state index in [1.54, 1.807) is 18.7 Å². The number of hydrogen-bond acceptors (Lipinski definition) is 4. The zero-order valence-corrected chi connectivity index (χ0v) is 9.82. The van der Waals surface area contributed by atoms with Crippen molar-refractivity contribution >= 4 is 23.6 Å². The monoisotopic (exact) mass is 231 g/mol. The fourth-order valence-electron chi connectivity index (χ4n) is 1.27. The van der Waals surface area contributed by atoms with Crippen molar-refractivity contribution in [2.24, 2.45) is 0 Å². The molecule has 1 aliphatic heterocycles. The van der Waals surface area contributed by atoms with Crippen LogP contribution < -0.4 is 16.0 Å². The fourth-order valence-corrected chi connectivity index (χ4v) is 2.21. The van der Waals surface area contributed by atoms with Crippen LogP contribution in [0.4, 0.5) is 0 Å². The normalized spacial score (nSPS) is 22.1. The van der Waals surface area contributed by atoms with Gasteiger partial charge in [0.25, 0.3) is 0 Å². The van der Waals surface area contributed by atoms with Crippen LogP contribution in [0.1, 0.15) is 13.8 Å². The Labute approximate surface area is 93.7 Å². The number of amides is 2. The van der Waals surface area contributed by atoms with Crippen LogP contribution in [0.2, 0.25) is 0 Å². The van der Waals surface area contributed by atoms with E-state index in [0.29, 0.717) is 6.54 Å². The Morgan fingerprint density at radius 2 is 2.33 bits per heavy atom. The van der Waals surface area contributed by atoms with Gasteiger partial charge >= 0.3 is 0 Å². The van der Waals surface area contributed by atoms with Gasteiger partial charge in [0.15, 0.2) is 0 Å². The molecule has 0 radical (unpaired) electrons. The molecule has 2 amide bonds. The van der Waals surface area contributed by atoms with Crippen LogP contribution in [0, 0.1) is 0 Å². The van der Waals surface area contributed by atoms with Crippen LogP contribution in [0.5, 0.6) is 0 Å². The van der Waals surface area contributed by atoms with E-state index in [9.17, 15) is 9.59 Å². The zero-order valence-electron chi connectivity index (χ0n) is 9.00. The van der Waals surface area contributed by atoms with Crippen molar-refractivity contribution < 1.29 is 9.59 Å². The highest BCUT2D eigenvalue weighted by molar-refractivity contribution is 7.99. The highest BCUT2D eigenvalue weighted by Crippen LogP contribution is 2.09. The third kappa shape index (κ3) is 3.71. The molecule has 1 rings (SSSR count). The van der Waals surface area contributed by atoms with Gasteiger partial charge in [0.05, 0.1) is 6.04 Å². The van der Waals surface area contributed by atoms with Gasteiger partial charge in [0.1, 0.15) is 6.04 Å². The number of thioether (sulfide) groups is 1. The van der Waals surface area contributed by atoms with Crippen molar-refractivity contribution in [3.63, 3.8) is 0 Å². The van der Waals surface area contributed by atoms with Crippen LogP contribution in [-0.4, -0.2) is 42.1 Å². The van der Waals surface area contributed by atoms with E-state index in [2.05, 4.69) is 16.0 Å². The molecule has 0 aromatic rings. The minimum Gasteiger partial charge on any atom is -0.355 e. The van der Waals surface area contributed by atoms with E-state index in [1.165, 1.54) is 0 Å². The quantitative estimate of drug-likeness (QED) is 0.598. The van der Waals surface area contributed by atoms with E-state index in [4.69, 9.17) is 0 Å². The molecule has 2 unspecified atom stereocenters. The molecule has 1 aliphatic rings. The Morgan fingerprint density at radius 3 is 2.87 bits per heavy atom. The summed E-state index contributed by atoms with van der Waals surface area (Å²) in [5, 5.41) is 8.39. The van der Waals surface area contributed by atoms with Crippen LogP contribution in [-0.2, 0) is 9.59 Å². The lowest BCUT2D eigenvalue weighted by Gasteiger charge is -2.16. The summed E-state index contributed by atoms with van der Waals surface area (Å²) < 4.78 is 0. The number of hydrogen-bond donors (Lipinski definition) is 3. The van der Waals surface area contributed by atoms with Gasteiger partial charge in [0.2, 0.25) is 11.8 Å². The molecule has 2 atom stereocenters. The average molecular weight is 231 g/mol. The predicted molar refractivity (Wildman–Crippen MR) is 60.5 cm³/mol. The second-order valence-corrected chi connectivity index (χ2v) is 4.43. The van der Waals surface area contributed by atoms with Crippen LogP contribution in [0.15, 0.2) is 0 Å². The largest absolute Gasteiger partial charge is 0.355 e. The summed E-state index contributed by atoms with van der Waals surface area (Å²) in [5.41, 5.74) is 0. The first-order valence-corrected chi connectivity index (χ1v) is 6.19. The molecule has 0 bridgehead atoms. The minimum atomic E-state index is -0.468. The maximum Gasteiger partial charge on any atom is 0.242 e. The molecule has 0 spiro atoms. The van der Waals surface area contributed by atoms with Crippen molar-refractivity contribution in [3.05, 3.63) is 0 Å². The number of rotatable bonds is 4. The summed E-state index contributed by atoms with van der Waals surface area (Å²) in [6.07, 6.45) is 0. The van der Waals surface area contributed by atoms with Gasteiger partial charge in [0, 0.05) is 18.2 Å². The van der Waals surface area contributed by atoms with Gasteiger partial charge in [-0.15, -0.1) is 11.8 Å². The van der Waals surface area contributed by atoms with Crippen LogP contribution >= 0.6 is 11.8 Å². The summed E-state index contributed by atoms with van der Waals surface area (Å²) >= 11 is 1.68. The van der Waals surface area contributed by atoms with Crippen molar-refractivity contribution in [1.29, 1.82) is 0 Å². The molecule has 6 heteroatoms. The molecule has 1 saturated heterocycles. The standard InChI is InChI=1S/C9H17N3O2S/c1-3-10-8(13)6(2)12-9(14)7-4-15-5-11-7/h6-7,11H,3-5H2,1-2H3,(H,10,13)(H,12,14). The molecule has 86 valence electrons. The second-order valence-electron chi connectivity index (χ2n) is 3.40. The summed E-state index contributed by atoms with van der Waals surface area (Å²) in [7, 11) is 0. The predicted octanol–water partition coefficient (Wildman–Crippen LogP) is -0.710. The van der Waals surface area contributed by atoms with Gasteiger partial charge in [-0.25, -0.2) is 0 Å². The number of carbonyl (C=O) groups excluding carboxylic acids is 2. The maximum atomic E-state index is 11.6. The molecular weight excluding hydrogens is 214 g/mol. The molecule has 1 heterocycles. The minimum absolute atomic E-state index is 0.0984. The molecule has 5 nitrogen and oxygen atoms in total. The smallest absolute Gasteiger partial charge is 0.242 e. The molecule has 1 fully saturated rings. The third-order valence-corrected chi connectivity index (χ3v) is 3.08. The van der Waals surface area contributed by atoms with Crippen molar-refractivity contribution in [3.8, 4) is 0 Å². The molecule has 3 N–H and O–H groups in total. The molecule has 15 heavy (non-hydrogen) atoms. The summed E-state index contributed by atoms with van der Waals surface area (Å²) in [5.74, 6) is 1.33. The Kier molecular flexibility index (Phi) is 4.90. The number of likely N-dealkylation sites (N-methyl/N-ethyl adjacent to an activating group) is 1. The Bertz CT molecular complexity index is 242. The number of nitrogens with one attached hydrogen (secondary N) is 3. The topological polar surface area (TPSA) is 70.2 Å².